The number of carbonyl (C=O) groups is 3. The smallest absolute Gasteiger partial charge is 0.407 e. The van der Waals surface area contributed by atoms with Gasteiger partial charge in [0.2, 0.25) is 11.8 Å². The fourth-order valence-corrected chi connectivity index (χ4v) is 1.89. The van der Waals surface area contributed by atoms with Crippen molar-refractivity contribution in [3.8, 4) is 0 Å². The maximum Gasteiger partial charge on any atom is 0.407 e. The highest BCUT2D eigenvalue weighted by Gasteiger charge is 2.06. The number of aryl methyl sites for hydroxylation is 2. The minimum Gasteiger partial charge on any atom is -0.450 e. The molecule has 0 atom stereocenters. The van der Waals surface area contributed by atoms with Crippen molar-refractivity contribution in [2.24, 2.45) is 0 Å². The number of ether oxygens (including phenoxy) is 1. The molecule has 1 aromatic rings. The predicted octanol–water partition coefficient (Wildman–Crippen LogP) is 0.906. The predicted molar refractivity (Wildman–Crippen MR) is 90.5 cm³/mol. The van der Waals surface area contributed by atoms with Crippen LogP contribution in [-0.4, -0.2) is 44.1 Å². The Hall–Kier alpha value is -2.57. The Morgan fingerprint density at radius 1 is 0.958 bits per heavy atom. The Morgan fingerprint density at radius 2 is 1.62 bits per heavy atom. The third kappa shape index (κ3) is 8.77. The van der Waals surface area contributed by atoms with Gasteiger partial charge in [-0.1, -0.05) is 29.8 Å². The molecular weight excluding hydrogens is 310 g/mol. The Bertz CT molecular complexity index is 543. The molecule has 0 heterocycles. The third-order valence-corrected chi connectivity index (χ3v) is 3.20. The highest BCUT2D eigenvalue weighted by atomic mass is 16.5. The van der Waals surface area contributed by atoms with Crippen molar-refractivity contribution in [3.63, 3.8) is 0 Å². The second kappa shape index (κ2) is 11.0. The number of hydrogen-bond donors (Lipinski definition) is 3. The molecule has 0 aliphatic heterocycles. The number of nitrogens with one attached hydrogen (secondary N) is 3. The van der Waals surface area contributed by atoms with E-state index in [1.54, 1.807) is 6.92 Å². The van der Waals surface area contributed by atoms with Crippen LogP contribution in [0.5, 0.6) is 0 Å². The molecule has 0 saturated heterocycles. The van der Waals surface area contributed by atoms with Gasteiger partial charge in [0.1, 0.15) is 0 Å². The van der Waals surface area contributed by atoms with Crippen molar-refractivity contribution in [1.29, 1.82) is 0 Å². The Kier molecular flexibility index (Phi) is 8.96. The monoisotopic (exact) mass is 335 g/mol. The Balaban J connectivity index is 2.09. The lowest BCUT2D eigenvalue weighted by molar-refractivity contribution is -0.126. The lowest BCUT2D eigenvalue weighted by Gasteiger charge is -2.08. The number of rotatable bonds is 9. The van der Waals surface area contributed by atoms with E-state index in [1.165, 1.54) is 5.56 Å². The van der Waals surface area contributed by atoms with E-state index in [9.17, 15) is 14.4 Å². The first-order chi connectivity index (χ1) is 11.5. The first-order valence-corrected chi connectivity index (χ1v) is 8.00. The summed E-state index contributed by atoms with van der Waals surface area (Å²) in [6.45, 7) is 4.49. The van der Waals surface area contributed by atoms with Gasteiger partial charge >= 0.3 is 6.09 Å². The number of amides is 3. The molecule has 3 amide bonds. The standard InChI is InChI=1S/C17H25N3O4/c1-3-24-17(23)19-11-10-18-16(22)12-20-15(21)9-8-14-6-4-13(2)5-7-14/h4-7H,3,8-12H2,1-2H3,(H,18,22)(H,19,23)(H,20,21). The summed E-state index contributed by atoms with van der Waals surface area (Å²) >= 11 is 0. The van der Waals surface area contributed by atoms with Crippen LogP contribution in [0, 0.1) is 6.92 Å². The van der Waals surface area contributed by atoms with Gasteiger partial charge in [-0.05, 0) is 25.8 Å². The van der Waals surface area contributed by atoms with Crippen molar-refractivity contribution in [3.05, 3.63) is 35.4 Å². The summed E-state index contributed by atoms with van der Waals surface area (Å²) < 4.78 is 4.68. The van der Waals surface area contributed by atoms with E-state index in [-0.39, 0.29) is 31.4 Å². The normalized spacial score (nSPS) is 9.92. The van der Waals surface area contributed by atoms with Crippen LogP contribution in [0.4, 0.5) is 4.79 Å². The zero-order valence-corrected chi connectivity index (χ0v) is 14.2. The second-order valence-corrected chi connectivity index (χ2v) is 5.26. The van der Waals surface area contributed by atoms with E-state index in [1.807, 2.05) is 31.2 Å². The molecule has 132 valence electrons. The zero-order valence-electron chi connectivity index (χ0n) is 14.2. The highest BCUT2D eigenvalue weighted by molar-refractivity contribution is 5.84. The van der Waals surface area contributed by atoms with Crippen LogP contribution < -0.4 is 16.0 Å². The lowest BCUT2D eigenvalue weighted by atomic mass is 10.1. The van der Waals surface area contributed by atoms with Crippen LogP contribution in [0.25, 0.3) is 0 Å². The molecule has 0 aromatic heterocycles. The molecule has 1 aromatic carbocycles. The number of benzene rings is 1. The largest absolute Gasteiger partial charge is 0.450 e. The van der Waals surface area contributed by atoms with Crippen LogP contribution in [0.1, 0.15) is 24.5 Å². The fraction of sp³-hybridized carbons (Fsp3) is 0.471. The summed E-state index contributed by atoms with van der Waals surface area (Å²) in [7, 11) is 0. The Morgan fingerprint density at radius 3 is 2.29 bits per heavy atom. The van der Waals surface area contributed by atoms with Crippen molar-refractivity contribution in [2.45, 2.75) is 26.7 Å². The summed E-state index contributed by atoms with van der Waals surface area (Å²) in [6.07, 6.45) is 0.453. The topological polar surface area (TPSA) is 96.5 Å². The van der Waals surface area contributed by atoms with Gasteiger partial charge in [0.05, 0.1) is 13.2 Å². The molecule has 24 heavy (non-hydrogen) atoms. The van der Waals surface area contributed by atoms with Gasteiger partial charge in [0.25, 0.3) is 0 Å². The van der Waals surface area contributed by atoms with Crippen molar-refractivity contribution in [1.82, 2.24) is 16.0 Å². The van der Waals surface area contributed by atoms with Gasteiger partial charge in [0, 0.05) is 19.5 Å². The van der Waals surface area contributed by atoms with Crippen LogP contribution in [0.15, 0.2) is 24.3 Å². The van der Waals surface area contributed by atoms with Gasteiger partial charge < -0.3 is 20.7 Å². The SMILES string of the molecule is CCOC(=O)NCCNC(=O)CNC(=O)CCc1ccc(C)cc1. The number of alkyl carbamates (subject to hydrolysis) is 1. The van der Waals surface area contributed by atoms with Gasteiger partial charge in [-0.15, -0.1) is 0 Å². The number of carbonyl (C=O) groups excluding carboxylic acids is 3. The van der Waals surface area contributed by atoms with E-state index in [2.05, 4.69) is 20.7 Å². The molecule has 0 bridgehead atoms. The average Bonchev–Trinajstić information content (AvgIpc) is 2.56. The minimum absolute atomic E-state index is 0.0772. The summed E-state index contributed by atoms with van der Waals surface area (Å²) in [4.78, 5) is 34.3. The lowest BCUT2D eigenvalue weighted by Crippen LogP contribution is -2.40. The van der Waals surface area contributed by atoms with Crippen molar-refractivity contribution < 1.29 is 19.1 Å². The summed E-state index contributed by atoms with van der Waals surface area (Å²) in [5.41, 5.74) is 2.27. The second-order valence-electron chi connectivity index (χ2n) is 5.26. The molecule has 0 unspecified atom stereocenters. The van der Waals surface area contributed by atoms with E-state index in [0.717, 1.165) is 5.56 Å². The first kappa shape index (κ1) is 19.5. The minimum atomic E-state index is -0.517. The zero-order chi connectivity index (χ0) is 17.8. The first-order valence-electron chi connectivity index (χ1n) is 8.00. The molecule has 1 rings (SSSR count). The number of hydrogen-bond acceptors (Lipinski definition) is 4. The fourth-order valence-electron chi connectivity index (χ4n) is 1.89. The molecule has 7 heteroatoms. The maximum absolute atomic E-state index is 11.7. The molecular formula is C17H25N3O4. The summed E-state index contributed by atoms with van der Waals surface area (Å²) in [5.74, 6) is -0.472. The quantitative estimate of drug-likeness (QED) is 0.584. The van der Waals surface area contributed by atoms with Crippen molar-refractivity contribution in [2.75, 3.05) is 26.2 Å². The summed E-state index contributed by atoms with van der Waals surface area (Å²) in [5, 5.41) is 7.65. The van der Waals surface area contributed by atoms with E-state index >= 15 is 0 Å². The maximum atomic E-state index is 11.7. The van der Waals surface area contributed by atoms with Gasteiger partial charge in [0.15, 0.2) is 0 Å². The molecule has 7 nitrogen and oxygen atoms in total. The molecule has 0 radical (unpaired) electrons. The van der Waals surface area contributed by atoms with Crippen LogP contribution >= 0.6 is 0 Å². The Labute approximate surface area is 142 Å². The van der Waals surface area contributed by atoms with Crippen LogP contribution in [0.2, 0.25) is 0 Å². The molecule has 3 N–H and O–H groups in total. The molecule has 0 aliphatic rings. The van der Waals surface area contributed by atoms with Gasteiger partial charge in [-0.3, -0.25) is 9.59 Å². The van der Waals surface area contributed by atoms with Crippen LogP contribution in [0.3, 0.4) is 0 Å². The molecule has 0 saturated carbocycles. The van der Waals surface area contributed by atoms with E-state index in [0.29, 0.717) is 19.4 Å². The van der Waals surface area contributed by atoms with Gasteiger partial charge in [-0.25, -0.2) is 4.79 Å². The van der Waals surface area contributed by atoms with Crippen LogP contribution in [-0.2, 0) is 20.7 Å². The molecule has 0 spiro atoms. The molecule has 0 fully saturated rings. The summed E-state index contributed by atoms with van der Waals surface area (Å²) in [6, 6.07) is 7.99. The van der Waals surface area contributed by atoms with E-state index in [4.69, 9.17) is 0 Å². The van der Waals surface area contributed by atoms with E-state index < -0.39 is 6.09 Å². The third-order valence-electron chi connectivity index (χ3n) is 3.20. The van der Waals surface area contributed by atoms with Gasteiger partial charge in [-0.2, -0.15) is 0 Å². The molecule has 0 aliphatic carbocycles. The highest BCUT2D eigenvalue weighted by Crippen LogP contribution is 2.05. The van der Waals surface area contributed by atoms with Crippen molar-refractivity contribution >= 4 is 17.9 Å². The average molecular weight is 335 g/mol.